The normalized spacial score (nSPS) is 19.5. The first-order chi connectivity index (χ1) is 25.2. The fraction of sp³-hybridized carbons (Fsp3) is 0.400. The Balaban J connectivity index is 0.998. The van der Waals surface area contributed by atoms with Crippen LogP contribution < -0.4 is 20.1 Å². The van der Waals surface area contributed by atoms with E-state index in [1.807, 2.05) is 48.5 Å². The predicted octanol–water partition coefficient (Wildman–Crippen LogP) is 6.51. The molecule has 4 fully saturated rings. The van der Waals surface area contributed by atoms with Crippen molar-refractivity contribution in [2.75, 3.05) is 40.4 Å². The van der Waals surface area contributed by atoms with Crippen molar-refractivity contribution in [3.63, 3.8) is 0 Å². The average Bonchev–Trinajstić information content (AvgIpc) is 3.13. The van der Waals surface area contributed by atoms with E-state index in [0.717, 1.165) is 98.3 Å². The lowest BCUT2D eigenvalue weighted by Gasteiger charge is -2.47. The standard InChI is InChI=1S/C40H42Cl2N6O4/c1-51-37-25(23-47-17-13-39(14-18-47)21-33(49)45-39)9-11-31(43-37)29-7-3-5-27(35(29)41)28-6-4-8-30(36(28)42)32-12-10-26(38(44-32)52-2)24-48-19-15-40(16-20-48)22-34(50)46-40/h3-12H,13-24H2,1-2H3,(H,45,49)(H,46,50). The highest BCUT2D eigenvalue weighted by molar-refractivity contribution is 6.39. The Morgan fingerprint density at radius 1 is 0.615 bits per heavy atom. The molecule has 8 rings (SSSR count). The molecule has 10 nitrogen and oxygen atoms in total. The second-order valence-corrected chi connectivity index (χ2v) is 15.4. The van der Waals surface area contributed by atoms with Crippen molar-refractivity contribution < 1.29 is 19.1 Å². The number of hydrogen-bond donors (Lipinski definition) is 2. The second kappa shape index (κ2) is 14.0. The topological polar surface area (TPSA) is 109 Å². The van der Waals surface area contributed by atoms with Crippen LogP contribution in [-0.2, 0) is 22.7 Å². The van der Waals surface area contributed by atoms with Crippen LogP contribution in [0.25, 0.3) is 33.6 Å². The maximum atomic E-state index is 11.5. The minimum atomic E-state index is -0.00592. The van der Waals surface area contributed by atoms with Gasteiger partial charge in [0.25, 0.3) is 0 Å². The first kappa shape index (κ1) is 34.8. The highest BCUT2D eigenvalue weighted by Crippen LogP contribution is 2.43. The number of β-lactam (4-membered cyclic amide) rings is 2. The monoisotopic (exact) mass is 740 g/mol. The molecule has 52 heavy (non-hydrogen) atoms. The van der Waals surface area contributed by atoms with Crippen molar-refractivity contribution in [3.8, 4) is 45.4 Å². The fourth-order valence-electron chi connectivity index (χ4n) is 8.24. The third kappa shape index (κ3) is 6.62. The lowest BCUT2D eigenvalue weighted by atomic mass is 9.78. The minimum absolute atomic E-state index is 0.00592. The number of hydrogen-bond acceptors (Lipinski definition) is 8. The SMILES string of the molecule is COc1nc(-c2cccc(-c3cccc(-c4ccc(CN5CCC6(CC5)CC(=O)N6)c(OC)n4)c3Cl)c2Cl)ccc1CN1CCC2(CC1)CC(=O)N2. The zero-order valence-corrected chi connectivity index (χ0v) is 30.9. The summed E-state index contributed by atoms with van der Waals surface area (Å²) in [7, 11) is 3.28. The van der Waals surface area contributed by atoms with E-state index in [4.69, 9.17) is 42.6 Å². The molecule has 0 radical (unpaired) electrons. The Labute approximate surface area is 313 Å². The number of nitrogens with one attached hydrogen (secondary N) is 2. The van der Waals surface area contributed by atoms with Gasteiger partial charge in [-0.1, -0.05) is 71.7 Å². The first-order valence-corrected chi connectivity index (χ1v) is 18.7. The van der Waals surface area contributed by atoms with Gasteiger partial charge >= 0.3 is 0 Å². The number of methoxy groups -OCH3 is 2. The summed E-state index contributed by atoms with van der Waals surface area (Å²) in [5.41, 5.74) is 6.54. The van der Waals surface area contributed by atoms with E-state index in [1.54, 1.807) is 14.2 Å². The third-order valence-corrected chi connectivity index (χ3v) is 12.1. The van der Waals surface area contributed by atoms with Gasteiger partial charge in [-0.3, -0.25) is 19.4 Å². The summed E-state index contributed by atoms with van der Waals surface area (Å²) in [5.74, 6) is 1.44. The minimum Gasteiger partial charge on any atom is -0.481 e. The number of amides is 2. The summed E-state index contributed by atoms with van der Waals surface area (Å²) >= 11 is 14.3. The number of likely N-dealkylation sites (tertiary alicyclic amines) is 2. The van der Waals surface area contributed by atoms with Crippen LogP contribution in [0, 0.1) is 0 Å². The molecular formula is C40H42Cl2N6O4. The van der Waals surface area contributed by atoms with Crippen LogP contribution in [-0.4, -0.2) is 83.1 Å². The number of ether oxygens (including phenoxy) is 2. The summed E-state index contributed by atoms with van der Waals surface area (Å²) < 4.78 is 11.5. The third-order valence-electron chi connectivity index (χ3n) is 11.3. The number of pyridine rings is 2. The maximum absolute atomic E-state index is 11.5. The number of nitrogens with zero attached hydrogens (tertiary/aromatic N) is 4. The Kier molecular flexibility index (Phi) is 9.36. The molecule has 4 aromatic rings. The van der Waals surface area contributed by atoms with Gasteiger partial charge in [0.15, 0.2) is 0 Å². The quantitative estimate of drug-likeness (QED) is 0.187. The van der Waals surface area contributed by atoms with E-state index in [-0.39, 0.29) is 22.9 Å². The van der Waals surface area contributed by atoms with Gasteiger partial charge in [-0.2, -0.15) is 0 Å². The molecule has 0 saturated carbocycles. The molecule has 0 atom stereocenters. The Bertz CT molecular complexity index is 1880. The molecule has 4 saturated heterocycles. The molecule has 12 heteroatoms. The van der Waals surface area contributed by atoms with Gasteiger partial charge in [-0.05, 0) is 37.8 Å². The van der Waals surface area contributed by atoms with E-state index in [9.17, 15) is 9.59 Å². The summed E-state index contributed by atoms with van der Waals surface area (Å²) in [5, 5.41) is 7.30. The molecule has 0 unspecified atom stereocenters. The number of rotatable bonds is 9. The number of aromatic nitrogens is 2. The van der Waals surface area contributed by atoms with E-state index in [0.29, 0.717) is 46.0 Å². The van der Waals surface area contributed by atoms with Gasteiger partial charge in [0.1, 0.15) is 0 Å². The molecule has 6 heterocycles. The van der Waals surface area contributed by atoms with Gasteiger partial charge in [-0.25, -0.2) is 9.97 Å². The molecule has 2 aromatic heterocycles. The van der Waals surface area contributed by atoms with Crippen LogP contribution >= 0.6 is 23.2 Å². The Morgan fingerprint density at radius 3 is 1.33 bits per heavy atom. The maximum Gasteiger partial charge on any atom is 0.222 e. The Hall–Kier alpha value is -4.22. The molecule has 270 valence electrons. The molecular weight excluding hydrogens is 699 g/mol. The molecule has 2 aromatic carbocycles. The smallest absolute Gasteiger partial charge is 0.222 e. The number of halogens is 2. The molecule has 2 spiro atoms. The van der Waals surface area contributed by atoms with Crippen molar-refractivity contribution in [2.24, 2.45) is 0 Å². The summed E-state index contributed by atoms with van der Waals surface area (Å²) in [6.07, 6.45) is 5.10. The van der Waals surface area contributed by atoms with E-state index < -0.39 is 0 Å². The molecule has 0 aliphatic carbocycles. The van der Waals surface area contributed by atoms with Crippen LogP contribution in [0.5, 0.6) is 11.8 Å². The van der Waals surface area contributed by atoms with Gasteiger partial charge in [-0.15, -0.1) is 0 Å². The molecule has 4 aliphatic rings. The molecule has 2 amide bonds. The van der Waals surface area contributed by atoms with E-state index in [2.05, 4.69) is 32.6 Å². The van der Waals surface area contributed by atoms with Gasteiger partial charge < -0.3 is 20.1 Å². The van der Waals surface area contributed by atoms with Crippen LogP contribution in [0.2, 0.25) is 10.0 Å². The largest absolute Gasteiger partial charge is 0.481 e. The van der Waals surface area contributed by atoms with Crippen LogP contribution in [0.3, 0.4) is 0 Å². The average molecular weight is 742 g/mol. The van der Waals surface area contributed by atoms with Crippen molar-refractivity contribution in [1.82, 2.24) is 30.4 Å². The van der Waals surface area contributed by atoms with E-state index in [1.165, 1.54) is 0 Å². The van der Waals surface area contributed by atoms with Crippen LogP contribution in [0.15, 0.2) is 60.7 Å². The lowest BCUT2D eigenvalue weighted by Crippen LogP contribution is -2.64. The summed E-state index contributed by atoms with van der Waals surface area (Å²) in [4.78, 5) is 37.6. The van der Waals surface area contributed by atoms with Gasteiger partial charge in [0.05, 0.1) is 46.7 Å². The second-order valence-electron chi connectivity index (χ2n) is 14.6. The van der Waals surface area contributed by atoms with E-state index >= 15 is 0 Å². The van der Waals surface area contributed by atoms with Crippen LogP contribution in [0.1, 0.15) is 49.7 Å². The van der Waals surface area contributed by atoms with Crippen molar-refractivity contribution in [3.05, 3.63) is 81.8 Å². The summed E-state index contributed by atoms with van der Waals surface area (Å²) in [6, 6.07) is 19.9. The van der Waals surface area contributed by atoms with Crippen LogP contribution in [0.4, 0.5) is 0 Å². The number of carbonyl (C=O) groups is 2. The van der Waals surface area contributed by atoms with Crippen molar-refractivity contribution in [2.45, 2.75) is 62.7 Å². The molecule has 0 bridgehead atoms. The number of piperidine rings is 2. The van der Waals surface area contributed by atoms with Gasteiger partial charge in [0.2, 0.25) is 23.6 Å². The van der Waals surface area contributed by atoms with Gasteiger partial charge in [0, 0.05) is 85.5 Å². The van der Waals surface area contributed by atoms with Crippen molar-refractivity contribution >= 4 is 35.0 Å². The first-order valence-electron chi connectivity index (χ1n) is 17.9. The molecule has 4 aliphatic heterocycles. The summed E-state index contributed by atoms with van der Waals surface area (Å²) in [6.45, 7) is 5.08. The Morgan fingerprint density at radius 2 is 0.981 bits per heavy atom. The number of benzene rings is 2. The lowest BCUT2D eigenvalue weighted by molar-refractivity contribution is -0.135. The highest BCUT2D eigenvalue weighted by atomic mass is 35.5. The molecule has 2 N–H and O–H groups in total. The number of carbonyl (C=O) groups excluding carboxylic acids is 2. The van der Waals surface area contributed by atoms with Crippen molar-refractivity contribution in [1.29, 1.82) is 0 Å². The zero-order chi connectivity index (χ0) is 36.0. The fourth-order valence-corrected chi connectivity index (χ4v) is 8.89. The zero-order valence-electron chi connectivity index (χ0n) is 29.4. The highest BCUT2D eigenvalue weighted by Gasteiger charge is 2.45. The predicted molar refractivity (Wildman–Crippen MR) is 201 cm³/mol.